The minimum atomic E-state index is -0.680. The van der Waals surface area contributed by atoms with Crippen LogP contribution in [0.25, 0.3) is 0 Å². The van der Waals surface area contributed by atoms with E-state index in [1.165, 1.54) is 122 Å². The van der Waals surface area contributed by atoms with E-state index in [4.69, 9.17) is 4.74 Å². The number of allylic oxidation sites excluding steroid dienone is 6. The zero-order valence-corrected chi connectivity index (χ0v) is 37.1. The summed E-state index contributed by atoms with van der Waals surface area (Å²) in [7, 11) is 0. The Morgan fingerprint density at radius 3 is 1.41 bits per heavy atom. The molecule has 328 valence electrons. The number of nitrogens with one attached hydrogen (secondary N) is 1. The summed E-state index contributed by atoms with van der Waals surface area (Å²) in [4.78, 5) is 24.4. The molecule has 0 aromatic carbocycles. The van der Waals surface area contributed by atoms with Crippen LogP contribution >= 0.6 is 0 Å². The van der Waals surface area contributed by atoms with Crippen molar-refractivity contribution in [1.82, 2.24) is 5.32 Å². The van der Waals surface area contributed by atoms with Gasteiger partial charge in [-0.05, 0) is 83.5 Å². The fourth-order valence-electron chi connectivity index (χ4n) is 7.13. The fourth-order valence-corrected chi connectivity index (χ4v) is 7.13. The van der Waals surface area contributed by atoms with E-state index >= 15 is 0 Å². The molecule has 1 amide bonds. The molecule has 0 aromatic heterocycles. The maximum absolute atomic E-state index is 12.4. The van der Waals surface area contributed by atoms with E-state index in [0.717, 1.165) is 89.9 Å². The van der Waals surface area contributed by atoms with Crippen LogP contribution in [0.15, 0.2) is 36.5 Å². The highest BCUT2D eigenvalue weighted by Gasteiger charge is 2.20. The molecule has 3 N–H and O–H groups in total. The molecule has 0 rings (SSSR count). The third kappa shape index (κ3) is 41.7. The molecule has 0 radical (unpaired) electrons. The number of aliphatic hydroxyl groups is 2. The van der Waals surface area contributed by atoms with Gasteiger partial charge in [0.1, 0.15) is 0 Å². The van der Waals surface area contributed by atoms with Crippen LogP contribution in [0.2, 0.25) is 0 Å². The van der Waals surface area contributed by atoms with E-state index in [1.807, 2.05) is 0 Å². The third-order valence-corrected chi connectivity index (χ3v) is 10.9. The number of esters is 1. The Kier molecular flexibility index (Phi) is 44.2. The van der Waals surface area contributed by atoms with Crippen molar-refractivity contribution in [2.75, 3.05) is 13.2 Å². The quantitative estimate of drug-likeness (QED) is 0.0325. The number of ether oxygens (including phenoxy) is 1. The molecule has 0 heterocycles. The number of amides is 1. The maximum Gasteiger partial charge on any atom is 0.305 e. The fraction of sp³-hybridized carbons (Fsp3) is 0.840. The van der Waals surface area contributed by atoms with Gasteiger partial charge in [0, 0.05) is 12.8 Å². The molecule has 0 aliphatic carbocycles. The van der Waals surface area contributed by atoms with E-state index in [1.54, 1.807) is 0 Å². The number of aliphatic hydroxyl groups excluding tert-OH is 2. The molecule has 6 heteroatoms. The van der Waals surface area contributed by atoms with Crippen molar-refractivity contribution in [2.45, 2.75) is 257 Å². The minimum Gasteiger partial charge on any atom is -0.466 e. The number of hydrogen-bond donors (Lipinski definition) is 3. The average molecular weight is 788 g/mol. The number of carbonyl (C=O) groups is 2. The lowest BCUT2D eigenvalue weighted by atomic mass is 10.0. The van der Waals surface area contributed by atoms with Crippen LogP contribution < -0.4 is 5.32 Å². The molecule has 6 nitrogen and oxygen atoms in total. The standard InChI is InChI=1S/C50H93NO5/c1-3-5-7-9-11-13-14-15-16-17-18-19-20-21-24-28-32-36-40-44-50(55)56-45-41-37-33-29-25-22-23-27-31-35-39-43-49(54)51-47(46-52)48(53)42-38-34-30-26-12-10-8-6-4-2/h11,13,15-16,25,29,47-48,52-53H,3-10,12,14,17-24,26-28,30-46H2,1-2H3,(H,51,54)/b13-11-,16-15-,29-25-. The lowest BCUT2D eigenvalue weighted by Crippen LogP contribution is -2.45. The maximum atomic E-state index is 12.4. The van der Waals surface area contributed by atoms with Crippen LogP contribution in [0.5, 0.6) is 0 Å². The zero-order chi connectivity index (χ0) is 40.8. The van der Waals surface area contributed by atoms with Gasteiger partial charge in [0.2, 0.25) is 5.91 Å². The monoisotopic (exact) mass is 788 g/mol. The van der Waals surface area contributed by atoms with Crippen molar-refractivity contribution in [3.05, 3.63) is 36.5 Å². The molecular weight excluding hydrogens is 695 g/mol. The lowest BCUT2D eigenvalue weighted by molar-refractivity contribution is -0.143. The van der Waals surface area contributed by atoms with Crippen LogP contribution in [0.3, 0.4) is 0 Å². The molecular formula is C50H93NO5. The first-order chi connectivity index (χ1) is 27.5. The number of unbranched alkanes of at least 4 members (excludes halogenated alkanes) is 27. The minimum absolute atomic E-state index is 0.0362. The lowest BCUT2D eigenvalue weighted by Gasteiger charge is -2.22. The second kappa shape index (κ2) is 45.8. The zero-order valence-electron chi connectivity index (χ0n) is 37.1. The van der Waals surface area contributed by atoms with Crippen LogP contribution in [-0.2, 0) is 14.3 Å². The van der Waals surface area contributed by atoms with E-state index < -0.39 is 12.1 Å². The summed E-state index contributed by atoms with van der Waals surface area (Å²) in [5, 5.41) is 23.0. The van der Waals surface area contributed by atoms with Gasteiger partial charge in [-0.15, -0.1) is 0 Å². The van der Waals surface area contributed by atoms with Gasteiger partial charge in [-0.1, -0.05) is 185 Å². The smallest absolute Gasteiger partial charge is 0.305 e. The van der Waals surface area contributed by atoms with E-state index in [-0.39, 0.29) is 18.5 Å². The predicted octanol–water partition coefficient (Wildman–Crippen LogP) is 14.1. The Balaban J connectivity index is 3.49. The van der Waals surface area contributed by atoms with Gasteiger partial charge in [-0.25, -0.2) is 0 Å². The molecule has 0 aromatic rings. The summed E-state index contributed by atoms with van der Waals surface area (Å²) in [5.74, 6) is -0.104. The normalized spacial score (nSPS) is 13.0. The molecule has 2 unspecified atom stereocenters. The highest BCUT2D eigenvalue weighted by Crippen LogP contribution is 2.15. The van der Waals surface area contributed by atoms with Gasteiger partial charge in [0.15, 0.2) is 0 Å². The van der Waals surface area contributed by atoms with Gasteiger partial charge in [0.25, 0.3) is 0 Å². The molecule has 0 spiro atoms. The molecule has 0 bridgehead atoms. The molecule has 0 aliphatic rings. The first-order valence-electron chi connectivity index (χ1n) is 24.2. The number of carbonyl (C=O) groups excluding carboxylic acids is 2. The van der Waals surface area contributed by atoms with Crippen molar-refractivity contribution in [3.63, 3.8) is 0 Å². The molecule has 56 heavy (non-hydrogen) atoms. The van der Waals surface area contributed by atoms with Crippen molar-refractivity contribution in [1.29, 1.82) is 0 Å². The van der Waals surface area contributed by atoms with E-state index in [0.29, 0.717) is 25.9 Å². The van der Waals surface area contributed by atoms with Crippen LogP contribution in [-0.4, -0.2) is 47.4 Å². The van der Waals surface area contributed by atoms with E-state index in [9.17, 15) is 19.8 Å². The van der Waals surface area contributed by atoms with Crippen molar-refractivity contribution >= 4 is 11.9 Å². The van der Waals surface area contributed by atoms with E-state index in [2.05, 4.69) is 55.6 Å². The van der Waals surface area contributed by atoms with Gasteiger partial charge in [-0.2, -0.15) is 0 Å². The Hall–Kier alpha value is -1.92. The summed E-state index contributed by atoms with van der Waals surface area (Å²) in [6.07, 6.45) is 54.0. The number of rotatable bonds is 44. The average Bonchev–Trinajstić information content (AvgIpc) is 3.20. The van der Waals surface area contributed by atoms with Crippen LogP contribution in [0, 0.1) is 0 Å². The van der Waals surface area contributed by atoms with Gasteiger partial charge in [0.05, 0.1) is 25.4 Å². The molecule has 0 aliphatic heterocycles. The Morgan fingerprint density at radius 2 is 0.893 bits per heavy atom. The molecule has 0 fully saturated rings. The predicted molar refractivity (Wildman–Crippen MR) is 241 cm³/mol. The number of hydrogen-bond acceptors (Lipinski definition) is 5. The Labute approximate surface area is 347 Å². The SMILES string of the molecule is CCCCC/C=C\C/C=C\CCCCCCCCCCCC(=O)OCCCC/C=C\CCCCCCCC(=O)NC(CO)C(O)CCCCCCCCCCC. The molecule has 0 saturated heterocycles. The topological polar surface area (TPSA) is 95.9 Å². The van der Waals surface area contributed by atoms with Crippen molar-refractivity contribution in [3.8, 4) is 0 Å². The van der Waals surface area contributed by atoms with Gasteiger partial charge >= 0.3 is 5.97 Å². The highest BCUT2D eigenvalue weighted by atomic mass is 16.5. The van der Waals surface area contributed by atoms with Crippen molar-refractivity contribution < 1.29 is 24.5 Å². The summed E-state index contributed by atoms with van der Waals surface area (Å²) >= 11 is 0. The summed E-state index contributed by atoms with van der Waals surface area (Å²) in [6, 6.07) is -0.561. The second-order valence-electron chi connectivity index (χ2n) is 16.4. The van der Waals surface area contributed by atoms with Crippen LogP contribution in [0.4, 0.5) is 0 Å². The van der Waals surface area contributed by atoms with Crippen LogP contribution in [0.1, 0.15) is 245 Å². The van der Waals surface area contributed by atoms with Gasteiger partial charge in [-0.3, -0.25) is 9.59 Å². The van der Waals surface area contributed by atoms with Gasteiger partial charge < -0.3 is 20.3 Å². The summed E-state index contributed by atoms with van der Waals surface area (Å²) < 4.78 is 5.44. The first-order valence-corrected chi connectivity index (χ1v) is 24.2. The second-order valence-corrected chi connectivity index (χ2v) is 16.4. The molecule has 2 atom stereocenters. The largest absolute Gasteiger partial charge is 0.466 e. The summed E-state index contributed by atoms with van der Waals surface area (Å²) in [6.45, 7) is 4.81. The van der Waals surface area contributed by atoms with Crippen molar-refractivity contribution in [2.24, 2.45) is 0 Å². The summed E-state index contributed by atoms with van der Waals surface area (Å²) in [5.41, 5.74) is 0. The molecule has 0 saturated carbocycles. The Bertz CT molecular complexity index is 915. The first kappa shape index (κ1) is 54.1. The Morgan fingerprint density at radius 1 is 0.500 bits per heavy atom. The third-order valence-electron chi connectivity index (χ3n) is 10.9. The highest BCUT2D eigenvalue weighted by molar-refractivity contribution is 5.76.